The van der Waals surface area contributed by atoms with Gasteiger partial charge in [-0.3, -0.25) is 14.7 Å². The number of hydrogen-bond donors (Lipinski definition) is 1. The van der Waals surface area contributed by atoms with Crippen LogP contribution >= 0.6 is 0 Å². The summed E-state index contributed by atoms with van der Waals surface area (Å²) in [5.41, 5.74) is 2.23. The molecule has 1 saturated heterocycles. The lowest BCUT2D eigenvalue weighted by atomic mass is 9.99. The fourth-order valence-corrected chi connectivity index (χ4v) is 3.84. The van der Waals surface area contributed by atoms with Gasteiger partial charge in [0, 0.05) is 44.7 Å². The minimum absolute atomic E-state index is 0.0538. The Kier molecular flexibility index (Phi) is 4.76. The topological polar surface area (TPSA) is 52.2 Å². The molecule has 0 amide bonds. The summed E-state index contributed by atoms with van der Waals surface area (Å²) in [5.74, 6) is 1.26. The van der Waals surface area contributed by atoms with E-state index >= 15 is 0 Å². The van der Waals surface area contributed by atoms with Crippen molar-refractivity contribution < 1.29 is 4.39 Å². The average molecular weight is 356 g/mol. The summed E-state index contributed by atoms with van der Waals surface area (Å²) < 4.78 is 13.9. The molecule has 26 heavy (non-hydrogen) atoms. The highest BCUT2D eigenvalue weighted by Crippen LogP contribution is 2.22. The quantitative estimate of drug-likeness (QED) is 0.919. The van der Waals surface area contributed by atoms with Crippen LogP contribution in [-0.4, -0.2) is 34.5 Å². The number of fused-ring (bicyclic) bond motifs is 1. The Morgan fingerprint density at radius 3 is 2.77 bits per heavy atom. The second-order valence-corrected chi connectivity index (χ2v) is 7.54. The van der Waals surface area contributed by atoms with Crippen LogP contribution in [0.25, 0.3) is 0 Å². The Morgan fingerprint density at radius 2 is 2.00 bits per heavy atom. The number of anilines is 1. The van der Waals surface area contributed by atoms with Gasteiger partial charge in [0.15, 0.2) is 0 Å². The van der Waals surface area contributed by atoms with Crippen LogP contribution in [0.3, 0.4) is 0 Å². The highest BCUT2D eigenvalue weighted by Gasteiger charge is 2.24. The van der Waals surface area contributed by atoms with Gasteiger partial charge in [0.25, 0.3) is 5.56 Å². The van der Waals surface area contributed by atoms with Gasteiger partial charge in [-0.05, 0) is 24.8 Å². The van der Waals surface area contributed by atoms with E-state index in [0.717, 1.165) is 56.1 Å². The lowest BCUT2D eigenvalue weighted by Crippen LogP contribution is -2.39. The SMILES string of the molecule is CC1CCN(c2nc3c(c(=O)[nH]2)CN(Cc2ccccc2F)CC3)CC1. The highest BCUT2D eigenvalue weighted by molar-refractivity contribution is 5.35. The van der Waals surface area contributed by atoms with Gasteiger partial charge in [-0.15, -0.1) is 0 Å². The molecule has 3 heterocycles. The van der Waals surface area contributed by atoms with E-state index in [1.807, 2.05) is 6.07 Å². The van der Waals surface area contributed by atoms with Gasteiger partial charge in [-0.1, -0.05) is 25.1 Å². The third-order valence-electron chi connectivity index (χ3n) is 5.57. The standard InChI is InChI=1S/C20H25FN4O/c1-14-6-10-25(11-7-14)20-22-18-8-9-24(13-16(18)19(26)23-20)12-15-4-2-3-5-17(15)21/h2-5,14H,6-13H2,1H3,(H,22,23,26). The summed E-state index contributed by atoms with van der Waals surface area (Å²) in [5, 5.41) is 0. The van der Waals surface area contributed by atoms with Crippen molar-refractivity contribution >= 4 is 5.95 Å². The number of hydrogen-bond acceptors (Lipinski definition) is 4. The molecular weight excluding hydrogens is 331 g/mol. The van der Waals surface area contributed by atoms with E-state index in [2.05, 4.69) is 21.7 Å². The highest BCUT2D eigenvalue weighted by atomic mass is 19.1. The fraction of sp³-hybridized carbons (Fsp3) is 0.500. The van der Waals surface area contributed by atoms with E-state index < -0.39 is 0 Å². The van der Waals surface area contributed by atoms with Crippen molar-refractivity contribution in [2.45, 2.75) is 39.3 Å². The third kappa shape index (κ3) is 3.51. The molecule has 138 valence electrons. The molecule has 0 atom stereocenters. The summed E-state index contributed by atoms with van der Waals surface area (Å²) in [7, 11) is 0. The van der Waals surface area contributed by atoms with Crippen LogP contribution in [-0.2, 0) is 19.5 Å². The maximum Gasteiger partial charge on any atom is 0.257 e. The van der Waals surface area contributed by atoms with E-state index in [4.69, 9.17) is 4.98 Å². The van der Waals surface area contributed by atoms with E-state index in [1.54, 1.807) is 12.1 Å². The Hall–Kier alpha value is -2.21. The second-order valence-electron chi connectivity index (χ2n) is 7.54. The van der Waals surface area contributed by atoms with E-state index in [0.29, 0.717) is 24.6 Å². The van der Waals surface area contributed by atoms with Gasteiger partial charge >= 0.3 is 0 Å². The van der Waals surface area contributed by atoms with Crippen LogP contribution in [0.2, 0.25) is 0 Å². The molecule has 2 aromatic rings. The van der Waals surface area contributed by atoms with Gasteiger partial charge in [0.05, 0.1) is 11.3 Å². The maximum absolute atomic E-state index is 13.9. The lowest BCUT2D eigenvalue weighted by molar-refractivity contribution is 0.238. The molecule has 2 aliphatic heterocycles. The monoisotopic (exact) mass is 356 g/mol. The van der Waals surface area contributed by atoms with Crippen molar-refractivity contribution in [2.24, 2.45) is 5.92 Å². The van der Waals surface area contributed by atoms with Crippen molar-refractivity contribution in [1.29, 1.82) is 0 Å². The predicted molar refractivity (Wildman–Crippen MR) is 99.7 cm³/mol. The van der Waals surface area contributed by atoms with Crippen LogP contribution in [0.4, 0.5) is 10.3 Å². The normalized spacial score (nSPS) is 18.8. The first-order valence-corrected chi connectivity index (χ1v) is 9.43. The number of benzene rings is 1. The third-order valence-corrected chi connectivity index (χ3v) is 5.57. The Balaban J connectivity index is 1.51. The van der Waals surface area contributed by atoms with Crippen molar-refractivity contribution in [1.82, 2.24) is 14.9 Å². The van der Waals surface area contributed by atoms with Gasteiger partial charge in [0.2, 0.25) is 5.95 Å². The van der Waals surface area contributed by atoms with Crippen molar-refractivity contribution in [3.05, 3.63) is 57.3 Å². The second kappa shape index (κ2) is 7.19. The van der Waals surface area contributed by atoms with Gasteiger partial charge in [0.1, 0.15) is 5.82 Å². The molecule has 1 aromatic carbocycles. The molecule has 0 bridgehead atoms. The van der Waals surface area contributed by atoms with Gasteiger partial charge < -0.3 is 4.90 Å². The minimum Gasteiger partial charge on any atom is -0.342 e. The Bertz CT molecular complexity index is 842. The van der Waals surface area contributed by atoms with Crippen LogP contribution in [0.15, 0.2) is 29.1 Å². The molecule has 2 aliphatic rings. The molecule has 1 aromatic heterocycles. The van der Waals surface area contributed by atoms with Crippen LogP contribution in [0.1, 0.15) is 36.6 Å². The Morgan fingerprint density at radius 1 is 1.23 bits per heavy atom. The number of nitrogens with one attached hydrogen (secondary N) is 1. The number of aromatic nitrogens is 2. The number of nitrogens with zero attached hydrogens (tertiary/aromatic N) is 3. The zero-order valence-corrected chi connectivity index (χ0v) is 15.2. The van der Waals surface area contributed by atoms with Crippen molar-refractivity contribution in [2.75, 3.05) is 24.5 Å². The van der Waals surface area contributed by atoms with Crippen LogP contribution in [0, 0.1) is 11.7 Å². The summed E-state index contributed by atoms with van der Waals surface area (Å²) in [4.78, 5) is 24.7. The molecule has 0 spiro atoms. The molecule has 1 N–H and O–H groups in total. The largest absolute Gasteiger partial charge is 0.342 e. The van der Waals surface area contributed by atoms with Crippen LogP contribution in [0.5, 0.6) is 0 Å². The molecular formula is C20H25FN4O. The molecule has 0 radical (unpaired) electrons. The van der Waals surface area contributed by atoms with Crippen molar-refractivity contribution in [3.63, 3.8) is 0 Å². The zero-order valence-electron chi connectivity index (χ0n) is 15.2. The molecule has 0 aliphatic carbocycles. The van der Waals surface area contributed by atoms with Gasteiger partial charge in [-0.2, -0.15) is 0 Å². The number of piperidine rings is 1. The first kappa shape index (κ1) is 17.2. The molecule has 5 nitrogen and oxygen atoms in total. The molecule has 6 heteroatoms. The summed E-state index contributed by atoms with van der Waals surface area (Å²) in [6.45, 7) is 5.98. The summed E-state index contributed by atoms with van der Waals surface area (Å²) in [6.07, 6.45) is 3.00. The molecule has 4 rings (SSSR count). The van der Waals surface area contributed by atoms with Crippen molar-refractivity contribution in [3.8, 4) is 0 Å². The van der Waals surface area contributed by atoms with E-state index in [1.165, 1.54) is 6.07 Å². The molecule has 0 unspecified atom stereocenters. The van der Waals surface area contributed by atoms with E-state index in [9.17, 15) is 9.18 Å². The number of H-pyrrole nitrogens is 1. The first-order valence-electron chi connectivity index (χ1n) is 9.43. The molecule has 1 fully saturated rings. The minimum atomic E-state index is -0.194. The molecule has 0 saturated carbocycles. The lowest BCUT2D eigenvalue weighted by Gasteiger charge is -2.32. The smallest absolute Gasteiger partial charge is 0.257 e. The number of rotatable bonds is 3. The first-order chi connectivity index (χ1) is 12.6. The number of aromatic amines is 1. The average Bonchev–Trinajstić information content (AvgIpc) is 2.64. The maximum atomic E-state index is 13.9. The zero-order chi connectivity index (χ0) is 18.1. The number of halogens is 1. The predicted octanol–water partition coefficient (Wildman–Crippen LogP) is 2.70. The van der Waals surface area contributed by atoms with Gasteiger partial charge in [-0.25, -0.2) is 9.37 Å². The summed E-state index contributed by atoms with van der Waals surface area (Å²) in [6, 6.07) is 6.82. The Labute approximate surface area is 152 Å². The fourth-order valence-electron chi connectivity index (χ4n) is 3.84. The van der Waals surface area contributed by atoms with E-state index in [-0.39, 0.29) is 11.4 Å². The summed E-state index contributed by atoms with van der Waals surface area (Å²) >= 11 is 0. The van der Waals surface area contributed by atoms with Crippen LogP contribution < -0.4 is 10.5 Å².